The van der Waals surface area contributed by atoms with Crippen LogP contribution in [-0.4, -0.2) is 49.8 Å². The normalized spacial score (nSPS) is 12.2. The van der Waals surface area contributed by atoms with Crippen molar-refractivity contribution in [1.29, 1.82) is 0 Å². The fraction of sp³-hybridized carbons (Fsp3) is 0.500. The Balaban J connectivity index is 2.26. The maximum Gasteiger partial charge on any atom is 0.257 e. The highest BCUT2D eigenvalue weighted by molar-refractivity contribution is 7.98. The number of anilines is 2. The lowest BCUT2D eigenvalue weighted by atomic mass is 10.3. The smallest absolute Gasteiger partial charge is 0.257 e. The summed E-state index contributed by atoms with van der Waals surface area (Å²) in [6.45, 7) is 2.14. The molecule has 0 saturated carbocycles. The Labute approximate surface area is 122 Å². The van der Waals surface area contributed by atoms with Crippen LogP contribution in [0.1, 0.15) is 13.3 Å². The van der Waals surface area contributed by atoms with Crippen LogP contribution in [0.4, 0.5) is 11.9 Å². The van der Waals surface area contributed by atoms with Crippen molar-refractivity contribution in [1.82, 2.24) is 24.7 Å². The van der Waals surface area contributed by atoms with E-state index in [1.54, 1.807) is 35.9 Å². The lowest BCUT2D eigenvalue weighted by Crippen LogP contribution is -2.23. The van der Waals surface area contributed by atoms with Gasteiger partial charge in [0.1, 0.15) is 0 Å². The summed E-state index contributed by atoms with van der Waals surface area (Å²) in [5.74, 6) is 2.59. The third kappa shape index (κ3) is 3.60. The number of aromatic nitrogens is 5. The fourth-order valence-corrected chi connectivity index (χ4v) is 2.40. The molecule has 0 bridgehead atoms. The maximum absolute atomic E-state index is 4.41. The first-order chi connectivity index (χ1) is 9.76. The van der Waals surface area contributed by atoms with Crippen LogP contribution in [0.3, 0.4) is 0 Å². The van der Waals surface area contributed by atoms with Crippen molar-refractivity contribution in [2.75, 3.05) is 29.7 Å². The molecular formula is C12H19N7S. The number of thioether (sulfide) groups is 1. The van der Waals surface area contributed by atoms with Gasteiger partial charge in [-0.2, -0.15) is 31.8 Å². The van der Waals surface area contributed by atoms with Gasteiger partial charge in [0.2, 0.25) is 11.9 Å². The fourth-order valence-electron chi connectivity index (χ4n) is 1.68. The summed E-state index contributed by atoms with van der Waals surface area (Å²) in [7, 11) is 1.78. The van der Waals surface area contributed by atoms with Gasteiger partial charge in [-0.25, -0.2) is 4.68 Å². The average Bonchev–Trinajstić information content (AvgIpc) is 3.00. The Morgan fingerprint density at radius 3 is 2.70 bits per heavy atom. The largest absolute Gasteiger partial charge is 0.357 e. The van der Waals surface area contributed by atoms with Gasteiger partial charge in [0.25, 0.3) is 5.95 Å². The van der Waals surface area contributed by atoms with Gasteiger partial charge in [-0.15, -0.1) is 0 Å². The molecule has 2 aromatic rings. The Morgan fingerprint density at radius 1 is 1.30 bits per heavy atom. The van der Waals surface area contributed by atoms with Crippen LogP contribution in [0.2, 0.25) is 0 Å². The number of nitrogens with zero attached hydrogens (tertiary/aromatic N) is 5. The third-order valence-corrected chi connectivity index (χ3v) is 3.49. The van der Waals surface area contributed by atoms with Gasteiger partial charge in [-0.1, -0.05) is 6.92 Å². The van der Waals surface area contributed by atoms with E-state index in [1.807, 2.05) is 6.07 Å². The van der Waals surface area contributed by atoms with E-state index in [9.17, 15) is 0 Å². The number of hydrogen-bond donors (Lipinski definition) is 2. The van der Waals surface area contributed by atoms with Crippen molar-refractivity contribution in [3.05, 3.63) is 18.5 Å². The standard InChI is InChI=1S/C12H19N7S/c1-4-9(8-20-3)15-11-16-10(13-2)17-12(18-11)19-7-5-6-14-19/h5-7,9H,4,8H2,1-3H3,(H2,13,15,16,17,18). The van der Waals surface area contributed by atoms with Crippen LogP contribution in [0, 0.1) is 0 Å². The van der Waals surface area contributed by atoms with E-state index in [0.717, 1.165) is 12.2 Å². The molecule has 2 heterocycles. The topological polar surface area (TPSA) is 80.5 Å². The predicted octanol–water partition coefficient (Wildman–Crippen LogP) is 1.65. The molecule has 1 atom stereocenters. The Morgan fingerprint density at radius 2 is 2.10 bits per heavy atom. The van der Waals surface area contributed by atoms with Gasteiger partial charge in [0.15, 0.2) is 0 Å². The molecule has 0 saturated heterocycles. The van der Waals surface area contributed by atoms with Crippen LogP contribution in [0.25, 0.3) is 5.95 Å². The van der Waals surface area contributed by atoms with Crippen LogP contribution in [0.15, 0.2) is 18.5 Å². The summed E-state index contributed by atoms with van der Waals surface area (Å²) in [4.78, 5) is 13.0. The van der Waals surface area contributed by atoms with Crippen LogP contribution in [-0.2, 0) is 0 Å². The molecule has 1 unspecified atom stereocenters. The van der Waals surface area contributed by atoms with E-state index in [-0.39, 0.29) is 0 Å². The zero-order valence-electron chi connectivity index (χ0n) is 11.9. The van der Waals surface area contributed by atoms with Crippen molar-refractivity contribution < 1.29 is 0 Å². The summed E-state index contributed by atoms with van der Waals surface area (Å²) < 4.78 is 1.61. The molecule has 0 aliphatic heterocycles. The van der Waals surface area contributed by atoms with Gasteiger partial charge in [-0.3, -0.25) is 0 Å². The molecule has 2 aromatic heterocycles. The zero-order chi connectivity index (χ0) is 14.4. The van der Waals surface area contributed by atoms with Crippen molar-refractivity contribution in [3.63, 3.8) is 0 Å². The van der Waals surface area contributed by atoms with E-state index in [0.29, 0.717) is 23.9 Å². The first-order valence-corrected chi connectivity index (χ1v) is 7.85. The molecule has 0 radical (unpaired) electrons. The molecule has 0 fully saturated rings. The molecule has 0 amide bonds. The van der Waals surface area contributed by atoms with Crippen LogP contribution >= 0.6 is 11.8 Å². The van der Waals surface area contributed by atoms with E-state index in [4.69, 9.17) is 0 Å². The van der Waals surface area contributed by atoms with E-state index >= 15 is 0 Å². The molecule has 2 rings (SSSR count). The monoisotopic (exact) mass is 293 g/mol. The van der Waals surface area contributed by atoms with Crippen molar-refractivity contribution >= 4 is 23.7 Å². The molecule has 0 aliphatic rings. The minimum Gasteiger partial charge on any atom is -0.357 e. The second-order valence-electron chi connectivity index (χ2n) is 4.19. The number of nitrogens with one attached hydrogen (secondary N) is 2. The van der Waals surface area contributed by atoms with Crippen molar-refractivity contribution in [2.24, 2.45) is 0 Å². The number of rotatable bonds is 7. The maximum atomic E-state index is 4.41. The first kappa shape index (κ1) is 14.6. The summed E-state index contributed by atoms with van der Waals surface area (Å²) in [6.07, 6.45) is 6.60. The van der Waals surface area contributed by atoms with Crippen LogP contribution in [0.5, 0.6) is 0 Å². The summed E-state index contributed by atoms with van der Waals surface area (Å²) >= 11 is 1.80. The summed E-state index contributed by atoms with van der Waals surface area (Å²) in [5.41, 5.74) is 0. The Hall–Kier alpha value is -1.83. The molecule has 8 heteroatoms. The van der Waals surface area contributed by atoms with Crippen LogP contribution < -0.4 is 10.6 Å². The molecule has 108 valence electrons. The lowest BCUT2D eigenvalue weighted by Gasteiger charge is -2.16. The second kappa shape index (κ2) is 7.09. The molecule has 0 aliphatic carbocycles. The molecule has 2 N–H and O–H groups in total. The van der Waals surface area contributed by atoms with Crippen molar-refractivity contribution in [2.45, 2.75) is 19.4 Å². The number of hydrogen-bond acceptors (Lipinski definition) is 7. The predicted molar refractivity (Wildman–Crippen MR) is 82.6 cm³/mol. The van der Waals surface area contributed by atoms with Gasteiger partial charge in [0, 0.05) is 31.2 Å². The first-order valence-electron chi connectivity index (χ1n) is 6.46. The lowest BCUT2D eigenvalue weighted by molar-refractivity contribution is 0.748. The van der Waals surface area contributed by atoms with Gasteiger partial charge in [-0.05, 0) is 18.7 Å². The average molecular weight is 293 g/mol. The molecule has 20 heavy (non-hydrogen) atoms. The third-order valence-electron chi connectivity index (χ3n) is 2.75. The van der Waals surface area contributed by atoms with E-state index in [1.165, 1.54) is 0 Å². The minimum absolute atomic E-state index is 0.336. The SMILES string of the molecule is CCC(CSC)Nc1nc(NC)nc(-n2cccn2)n1. The highest BCUT2D eigenvalue weighted by Gasteiger charge is 2.11. The molecule has 0 spiro atoms. The van der Waals surface area contributed by atoms with Gasteiger partial charge in [0.05, 0.1) is 0 Å². The quantitative estimate of drug-likeness (QED) is 0.803. The van der Waals surface area contributed by atoms with E-state index < -0.39 is 0 Å². The molecule has 7 nitrogen and oxygen atoms in total. The molecule has 0 aromatic carbocycles. The molecular weight excluding hydrogens is 274 g/mol. The summed E-state index contributed by atoms with van der Waals surface area (Å²) in [5, 5.41) is 10.4. The highest BCUT2D eigenvalue weighted by Crippen LogP contribution is 2.12. The zero-order valence-corrected chi connectivity index (χ0v) is 12.7. The Bertz CT molecular complexity index is 529. The van der Waals surface area contributed by atoms with Gasteiger partial charge >= 0.3 is 0 Å². The second-order valence-corrected chi connectivity index (χ2v) is 5.10. The minimum atomic E-state index is 0.336. The highest BCUT2D eigenvalue weighted by atomic mass is 32.2. The Kier molecular flexibility index (Phi) is 5.16. The van der Waals surface area contributed by atoms with Crippen molar-refractivity contribution in [3.8, 4) is 5.95 Å². The summed E-state index contributed by atoms with van der Waals surface area (Å²) in [6, 6.07) is 2.17. The van der Waals surface area contributed by atoms with Gasteiger partial charge < -0.3 is 10.6 Å². The van der Waals surface area contributed by atoms with E-state index in [2.05, 4.69) is 43.9 Å².